The van der Waals surface area contributed by atoms with E-state index >= 15 is 0 Å². The lowest BCUT2D eigenvalue weighted by molar-refractivity contribution is -0.139. The number of anilines is 1. The first-order valence-electron chi connectivity index (χ1n) is 15.0. The Morgan fingerprint density at radius 3 is 2.04 bits per heavy atom. The number of methoxy groups -OCH3 is 3. The summed E-state index contributed by atoms with van der Waals surface area (Å²) in [6, 6.07) is 25.2. The molecular formula is C36H41N3O7S. The zero-order valence-corrected chi connectivity index (χ0v) is 28.3. The fraction of sp³-hybridized carbons (Fsp3) is 0.278. The highest BCUT2D eigenvalue weighted by Crippen LogP contribution is 2.33. The number of rotatable bonds is 14. The SMILES string of the molecule is CNC(=O)[C@@H](Cc1ccccc1)N(Cc1cccc(OC)c1)C(=O)CN(c1cc(C)cc(C)c1)S(=O)(=O)c1ccc(OC)c(OC)c1. The minimum atomic E-state index is -4.34. The molecule has 0 fully saturated rings. The molecule has 0 aliphatic rings. The van der Waals surface area contributed by atoms with Crippen LogP contribution in [-0.2, 0) is 32.6 Å². The zero-order chi connectivity index (χ0) is 34.1. The maximum atomic E-state index is 14.6. The minimum absolute atomic E-state index is 0.0258. The van der Waals surface area contributed by atoms with Gasteiger partial charge in [0.15, 0.2) is 11.5 Å². The Kier molecular flexibility index (Phi) is 11.5. The Labute approximate surface area is 276 Å². The van der Waals surface area contributed by atoms with Crippen LogP contribution in [0.1, 0.15) is 22.3 Å². The second-order valence-electron chi connectivity index (χ2n) is 11.1. The Morgan fingerprint density at radius 1 is 0.766 bits per heavy atom. The van der Waals surface area contributed by atoms with Crippen molar-refractivity contribution in [2.24, 2.45) is 0 Å². The summed E-state index contributed by atoms with van der Waals surface area (Å²) in [4.78, 5) is 29.4. The van der Waals surface area contributed by atoms with Crippen LogP contribution in [0.25, 0.3) is 0 Å². The summed E-state index contributed by atoms with van der Waals surface area (Å²) >= 11 is 0. The van der Waals surface area contributed by atoms with Crippen molar-refractivity contribution in [3.05, 3.63) is 113 Å². The van der Waals surface area contributed by atoms with Crippen LogP contribution >= 0.6 is 0 Å². The molecule has 4 rings (SSSR count). The number of carbonyl (C=O) groups excluding carboxylic acids is 2. The maximum Gasteiger partial charge on any atom is 0.264 e. The molecule has 1 atom stereocenters. The van der Waals surface area contributed by atoms with Crippen LogP contribution in [0.2, 0.25) is 0 Å². The van der Waals surface area contributed by atoms with Crippen molar-refractivity contribution in [3.63, 3.8) is 0 Å². The third-order valence-electron chi connectivity index (χ3n) is 7.72. The van der Waals surface area contributed by atoms with Crippen LogP contribution < -0.4 is 23.8 Å². The van der Waals surface area contributed by atoms with E-state index in [1.165, 1.54) is 44.4 Å². The molecule has 4 aromatic carbocycles. The summed E-state index contributed by atoms with van der Waals surface area (Å²) in [7, 11) is 1.60. The molecule has 0 saturated carbocycles. The number of nitrogens with zero attached hydrogens (tertiary/aromatic N) is 2. The molecule has 47 heavy (non-hydrogen) atoms. The molecule has 0 saturated heterocycles. The van der Waals surface area contributed by atoms with Crippen LogP contribution in [0.4, 0.5) is 5.69 Å². The standard InChI is InChI=1S/C36H41N3O7S/c1-25-17-26(2)19-29(18-25)39(47(42,43)31-15-16-33(45-5)34(22-31)46-6)24-35(40)38(23-28-13-10-14-30(20-28)44-4)32(36(41)37-3)21-27-11-8-7-9-12-27/h7-20,22,32H,21,23-24H2,1-6H3,(H,37,41)/t32-/m1/s1. The van der Waals surface area contributed by atoms with Gasteiger partial charge in [-0.2, -0.15) is 0 Å². The lowest BCUT2D eigenvalue weighted by Crippen LogP contribution is -2.53. The van der Waals surface area contributed by atoms with E-state index < -0.39 is 28.5 Å². The van der Waals surface area contributed by atoms with Gasteiger partial charge in [0.2, 0.25) is 11.8 Å². The van der Waals surface area contributed by atoms with Gasteiger partial charge in [-0.25, -0.2) is 8.42 Å². The minimum Gasteiger partial charge on any atom is -0.497 e. The first-order valence-corrected chi connectivity index (χ1v) is 16.5. The molecule has 0 unspecified atom stereocenters. The molecule has 0 bridgehead atoms. The topological polar surface area (TPSA) is 114 Å². The largest absolute Gasteiger partial charge is 0.497 e. The average Bonchev–Trinajstić information content (AvgIpc) is 3.07. The lowest BCUT2D eigenvalue weighted by Gasteiger charge is -2.33. The molecule has 4 aromatic rings. The van der Waals surface area contributed by atoms with Gasteiger partial charge in [0.1, 0.15) is 18.3 Å². The highest BCUT2D eigenvalue weighted by Gasteiger charge is 2.35. The van der Waals surface area contributed by atoms with Crippen molar-refractivity contribution in [1.82, 2.24) is 10.2 Å². The molecule has 0 aromatic heterocycles. The van der Waals surface area contributed by atoms with Gasteiger partial charge >= 0.3 is 0 Å². The Morgan fingerprint density at radius 2 is 1.43 bits per heavy atom. The third-order valence-corrected chi connectivity index (χ3v) is 9.49. The molecule has 1 N–H and O–H groups in total. The summed E-state index contributed by atoms with van der Waals surface area (Å²) in [6.45, 7) is 3.16. The summed E-state index contributed by atoms with van der Waals surface area (Å²) in [5.41, 5.74) is 3.50. The Balaban J connectivity index is 1.84. The fourth-order valence-electron chi connectivity index (χ4n) is 5.42. The van der Waals surface area contributed by atoms with Gasteiger partial charge < -0.3 is 24.4 Å². The monoisotopic (exact) mass is 659 g/mol. The number of sulfonamides is 1. The number of hydrogen-bond donors (Lipinski definition) is 1. The third kappa shape index (κ3) is 8.42. The number of amides is 2. The molecule has 0 aliphatic heterocycles. The van der Waals surface area contributed by atoms with E-state index in [2.05, 4.69) is 5.32 Å². The van der Waals surface area contributed by atoms with Crippen molar-refractivity contribution in [1.29, 1.82) is 0 Å². The zero-order valence-electron chi connectivity index (χ0n) is 27.5. The number of benzene rings is 4. The maximum absolute atomic E-state index is 14.6. The second kappa shape index (κ2) is 15.5. The van der Waals surface area contributed by atoms with E-state index in [0.717, 1.165) is 21.0 Å². The summed E-state index contributed by atoms with van der Waals surface area (Å²) in [6.07, 6.45) is 0.211. The highest BCUT2D eigenvalue weighted by molar-refractivity contribution is 7.92. The summed E-state index contributed by atoms with van der Waals surface area (Å²) in [5.74, 6) is 0.218. The van der Waals surface area contributed by atoms with E-state index in [4.69, 9.17) is 14.2 Å². The van der Waals surface area contributed by atoms with Gasteiger partial charge in [0.25, 0.3) is 10.0 Å². The molecule has 0 aliphatic carbocycles. The molecule has 0 radical (unpaired) electrons. The first-order chi connectivity index (χ1) is 22.5. The molecule has 0 heterocycles. The highest BCUT2D eigenvalue weighted by atomic mass is 32.2. The van der Waals surface area contributed by atoms with E-state index in [0.29, 0.717) is 22.7 Å². The van der Waals surface area contributed by atoms with Gasteiger partial charge in [-0.15, -0.1) is 0 Å². The fourth-order valence-corrected chi connectivity index (χ4v) is 6.83. The van der Waals surface area contributed by atoms with Crippen LogP contribution in [0.15, 0.2) is 95.9 Å². The van der Waals surface area contributed by atoms with Crippen molar-refractivity contribution < 1.29 is 32.2 Å². The van der Waals surface area contributed by atoms with Crippen LogP contribution in [-0.4, -0.2) is 66.1 Å². The number of nitrogens with one attached hydrogen (secondary N) is 1. The molecular weight excluding hydrogens is 618 g/mol. The Hall–Kier alpha value is -5.03. The number of hydrogen-bond acceptors (Lipinski definition) is 7. The van der Waals surface area contributed by atoms with Gasteiger partial charge in [-0.1, -0.05) is 48.5 Å². The number of likely N-dealkylation sites (N-methyl/N-ethyl adjacent to an activating group) is 1. The van der Waals surface area contributed by atoms with Gasteiger partial charge in [0.05, 0.1) is 31.9 Å². The van der Waals surface area contributed by atoms with Crippen LogP contribution in [0, 0.1) is 13.8 Å². The van der Waals surface area contributed by atoms with Crippen LogP contribution in [0.3, 0.4) is 0 Å². The molecule has 248 valence electrons. The van der Waals surface area contributed by atoms with Crippen molar-refractivity contribution in [3.8, 4) is 17.2 Å². The second-order valence-corrected chi connectivity index (χ2v) is 12.9. The number of ether oxygens (including phenoxy) is 3. The van der Waals surface area contributed by atoms with Crippen molar-refractivity contribution in [2.45, 2.75) is 37.8 Å². The van der Waals surface area contributed by atoms with E-state index in [1.54, 1.807) is 37.4 Å². The smallest absolute Gasteiger partial charge is 0.264 e. The molecule has 0 spiro atoms. The van der Waals surface area contributed by atoms with E-state index in [9.17, 15) is 18.0 Å². The summed E-state index contributed by atoms with van der Waals surface area (Å²) in [5, 5.41) is 2.69. The first kappa shape index (κ1) is 34.8. The van der Waals surface area contributed by atoms with Crippen molar-refractivity contribution >= 4 is 27.5 Å². The van der Waals surface area contributed by atoms with E-state index in [1.807, 2.05) is 56.3 Å². The van der Waals surface area contributed by atoms with Gasteiger partial charge in [0, 0.05) is 26.1 Å². The molecule has 2 amide bonds. The number of aryl methyl sites for hydroxylation is 2. The average molecular weight is 660 g/mol. The normalized spacial score (nSPS) is 11.7. The molecule has 11 heteroatoms. The quantitative estimate of drug-likeness (QED) is 0.205. The van der Waals surface area contributed by atoms with Crippen molar-refractivity contribution in [2.75, 3.05) is 39.2 Å². The van der Waals surface area contributed by atoms with Gasteiger partial charge in [-0.3, -0.25) is 13.9 Å². The Bertz CT molecular complexity index is 1790. The molecule has 10 nitrogen and oxygen atoms in total. The predicted octanol–water partition coefficient (Wildman–Crippen LogP) is 4.91. The summed E-state index contributed by atoms with van der Waals surface area (Å²) < 4.78 is 46.1. The number of carbonyl (C=O) groups is 2. The van der Waals surface area contributed by atoms with E-state index in [-0.39, 0.29) is 29.5 Å². The van der Waals surface area contributed by atoms with Crippen LogP contribution in [0.5, 0.6) is 17.2 Å². The predicted molar refractivity (Wildman–Crippen MR) is 182 cm³/mol. The van der Waals surface area contributed by atoms with Gasteiger partial charge in [-0.05, 0) is 72.5 Å². The lowest BCUT2D eigenvalue weighted by atomic mass is 10.0.